The lowest BCUT2D eigenvalue weighted by molar-refractivity contribution is 0.0935. The Hall–Kier alpha value is -2.53. The maximum atomic E-state index is 13.3. The summed E-state index contributed by atoms with van der Waals surface area (Å²) < 4.78 is 5.42. The first kappa shape index (κ1) is 22.2. The highest BCUT2D eigenvalue weighted by Gasteiger charge is 2.23. The number of carbonyl (C=O) groups excluding carboxylic acids is 1. The van der Waals surface area contributed by atoms with Gasteiger partial charge in [0, 0.05) is 25.3 Å². The van der Waals surface area contributed by atoms with Crippen molar-refractivity contribution < 1.29 is 9.53 Å². The van der Waals surface area contributed by atoms with Gasteiger partial charge in [-0.2, -0.15) is 0 Å². The monoisotopic (exact) mass is 409 g/mol. The van der Waals surface area contributed by atoms with Crippen LogP contribution in [0.3, 0.4) is 0 Å². The second-order valence-corrected chi connectivity index (χ2v) is 7.94. The van der Waals surface area contributed by atoms with E-state index in [2.05, 4.69) is 53.2 Å². The smallest absolute Gasteiger partial charge is 0.253 e. The van der Waals surface area contributed by atoms with Gasteiger partial charge in [0.15, 0.2) is 0 Å². The largest absolute Gasteiger partial charge is 0.497 e. The second-order valence-electron chi connectivity index (χ2n) is 7.94. The fourth-order valence-electron chi connectivity index (χ4n) is 4.32. The Labute approximate surface area is 181 Å². The standard InChI is InChI=1S/C25H35N3O2/c1-5-27(6-2)24(20-10-9-11-21(17-20)30-4)18-26-25(29)22-16-19(3)12-13-23(22)28-14-7-8-15-28/h9-13,16-17,24H,5-8,14-15,18H2,1-4H3,(H,26,29). The summed E-state index contributed by atoms with van der Waals surface area (Å²) in [4.78, 5) is 18.0. The molecule has 2 aromatic rings. The summed E-state index contributed by atoms with van der Waals surface area (Å²) in [7, 11) is 1.69. The number of carbonyl (C=O) groups is 1. The van der Waals surface area contributed by atoms with Gasteiger partial charge in [-0.05, 0) is 62.7 Å². The molecule has 0 bridgehead atoms. The average Bonchev–Trinajstić information content (AvgIpc) is 3.31. The zero-order valence-electron chi connectivity index (χ0n) is 18.8. The van der Waals surface area contributed by atoms with E-state index in [1.54, 1.807) is 7.11 Å². The summed E-state index contributed by atoms with van der Waals surface area (Å²) in [6, 6.07) is 14.4. The van der Waals surface area contributed by atoms with Crippen LogP contribution in [-0.4, -0.2) is 50.6 Å². The Kier molecular flexibility index (Phi) is 7.75. The van der Waals surface area contributed by atoms with Crippen LogP contribution >= 0.6 is 0 Å². The number of anilines is 1. The van der Waals surface area contributed by atoms with E-state index in [1.165, 1.54) is 12.8 Å². The maximum Gasteiger partial charge on any atom is 0.253 e. The first-order valence-electron chi connectivity index (χ1n) is 11.1. The molecule has 5 heteroatoms. The summed E-state index contributed by atoms with van der Waals surface area (Å²) in [5.74, 6) is 0.839. The quantitative estimate of drug-likeness (QED) is 0.666. The molecule has 1 unspecified atom stereocenters. The van der Waals surface area contributed by atoms with Gasteiger partial charge in [-0.25, -0.2) is 0 Å². The number of benzene rings is 2. The minimum absolute atomic E-state index is 0.000604. The van der Waals surface area contributed by atoms with Crippen LogP contribution in [0.4, 0.5) is 5.69 Å². The molecule has 0 aromatic heterocycles. The Bertz CT molecular complexity index is 842. The summed E-state index contributed by atoms with van der Waals surface area (Å²) in [5.41, 5.74) is 4.09. The molecule has 1 atom stereocenters. The molecule has 0 spiro atoms. The minimum Gasteiger partial charge on any atom is -0.497 e. The van der Waals surface area contributed by atoms with Crippen molar-refractivity contribution in [2.75, 3.05) is 44.7 Å². The van der Waals surface area contributed by atoms with Crippen LogP contribution in [0.2, 0.25) is 0 Å². The SMILES string of the molecule is CCN(CC)C(CNC(=O)c1cc(C)ccc1N1CCCC1)c1cccc(OC)c1. The number of ether oxygens (including phenoxy) is 1. The molecular formula is C25H35N3O2. The zero-order chi connectivity index (χ0) is 21.5. The van der Waals surface area contributed by atoms with E-state index in [1.807, 2.05) is 25.1 Å². The fraction of sp³-hybridized carbons (Fsp3) is 0.480. The number of nitrogens with zero attached hydrogens (tertiary/aromatic N) is 2. The van der Waals surface area contributed by atoms with E-state index in [0.717, 1.165) is 54.3 Å². The van der Waals surface area contributed by atoms with Gasteiger partial charge >= 0.3 is 0 Å². The lowest BCUT2D eigenvalue weighted by atomic mass is 10.0. The second kappa shape index (κ2) is 10.5. The van der Waals surface area contributed by atoms with Gasteiger partial charge in [0.25, 0.3) is 5.91 Å². The summed E-state index contributed by atoms with van der Waals surface area (Å²) in [6.45, 7) is 10.8. The molecule has 162 valence electrons. The highest BCUT2D eigenvalue weighted by atomic mass is 16.5. The Balaban J connectivity index is 1.81. The Morgan fingerprint density at radius 3 is 2.53 bits per heavy atom. The number of methoxy groups -OCH3 is 1. The summed E-state index contributed by atoms with van der Waals surface area (Å²) in [5, 5.41) is 3.23. The van der Waals surface area contributed by atoms with E-state index in [0.29, 0.717) is 6.54 Å². The molecular weight excluding hydrogens is 374 g/mol. The van der Waals surface area contributed by atoms with Crippen LogP contribution in [0.25, 0.3) is 0 Å². The molecule has 1 aliphatic rings. The summed E-state index contributed by atoms with van der Waals surface area (Å²) >= 11 is 0. The van der Waals surface area contributed by atoms with Gasteiger partial charge in [0.05, 0.1) is 18.7 Å². The van der Waals surface area contributed by atoms with Crippen LogP contribution in [0.5, 0.6) is 5.75 Å². The fourth-order valence-corrected chi connectivity index (χ4v) is 4.32. The molecule has 1 heterocycles. The maximum absolute atomic E-state index is 13.3. The van der Waals surface area contributed by atoms with Crippen LogP contribution < -0.4 is 15.0 Å². The highest BCUT2D eigenvalue weighted by Crippen LogP contribution is 2.27. The lowest BCUT2D eigenvalue weighted by Gasteiger charge is -2.31. The van der Waals surface area contributed by atoms with Crippen molar-refractivity contribution in [3.05, 3.63) is 59.2 Å². The molecule has 1 amide bonds. The number of nitrogens with one attached hydrogen (secondary N) is 1. The van der Waals surface area contributed by atoms with Gasteiger partial charge in [0.1, 0.15) is 5.75 Å². The third-order valence-corrected chi connectivity index (χ3v) is 6.03. The van der Waals surface area contributed by atoms with Crippen molar-refractivity contribution in [3.63, 3.8) is 0 Å². The van der Waals surface area contributed by atoms with Crippen molar-refractivity contribution in [2.45, 2.75) is 39.7 Å². The molecule has 1 aliphatic heterocycles. The predicted molar refractivity (Wildman–Crippen MR) is 124 cm³/mol. The van der Waals surface area contributed by atoms with Gasteiger partial charge in [-0.15, -0.1) is 0 Å². The number of hydrogen-bond acceptors (Lipinski definition) is 4. The molecule has 3 rings (SSSR count). The number of amides is 1. The normalized spacial score (nSPS) is 14.8. The van der Waals surface area contributed by atoms with Crippen LogP contribution in [0, 0.1) is 6.92 Å². The van der Waals surface area contributed by atoms with Gasteiger partial charge < -0.3 is 15.0 Å². The van der Waals surface area contributed by atoms with E-state index in [9.17, 15) is 4.79 Å². The van der Waals surface area contributed by atoms with Crippen LogP contribution in [0.15, 0.2) is 42.5 Å². The minimum atomic E-state index is 0.000604. The first-order chi connectivity index (χ1) is 14.6. The van der Waals surface area contributed by atoms with E-state index >= 15 is 0 Å². The topological polar surface area (TPSA) is 44.8 Å². The number of rotatable bonds is 9. The molecule has 1 fully saturated rings. The zero-order valence-corrected chi connectivity index (χ0v) is 18.8. The number of aryl methyl sites for hydroxylation is 1. The third-order valence-electron chi connectivity index (χ3n) is 6.03. The molecule has 1 N–H and O–H groups in total. The lowest BCUT2D eigenvalue weighted by Crippen LogP contribution is -2.38. The molecule has 0 saturated carbocycles. The molecule has 2 aromatic carbocycles. The predicted octanol–water partition coefficient (Wildman–Crippen LogP) is 4.42. The first-order valence-corrected chi connectivity index (χ1v) is 11.1. The van der Waals surface area contributed by atoms with Crippen molar-refractivity contribution in [1.82, 2.24) is 10.2 Å². The van der Waals surface area contributed by atoms with Gasteiger partial charge in [0.2, 0.25) is 0 Å². The van der Waals surface area contributed by atoms with E-state index in [4.69, 9.17) is 4.74 Å². The molecule has 0 radical (unpaired) electrons. The van der Waals surface area contributed by atoms with Crippen LogP contribution in [0.1, 0.15) is 54.2 Å². The van der Waals surface area contributed by atoms with Crippen molar-refractivity contribution in [2.24, 2.45) is 0 Å². The number of hydrogen-bond donors (Lipinski definition) is 1. The highest BCUT2D eigenvalue weighted by molar-refractivity contribution is 6.00. The third kappa shape index (κ3) is 5.14. The Morgan fingerprint density at radius 2 is 1.87 bits per heavy atom. The molecule has 5 nitrogen and oxygen atoms in total. The van der Waals surface area contributed by atoms with Gasteiger partial charge in [-0.3, -0.25) is 9.69 Å². The van der Waals surface area contributed by atoms with E-state index < -0.39 is 0 Å². The average molecular weight is 410 g/mol. The molecule has 1 saturated heterocycles. The molecule has 0 aliphatic carbocycles. The van der Waals surface area contributed by atoms with E-state index in [-0.39, 0.29) is 11.9 Å². The van der Waals surface area contributed by atoms with Crippen LogP contribution in [-0.2, 0) is 0 Å². The van der Waals surface area contributed by atoms with Gasteiger partial charge in [-0.1, -0.05) is 37.6 Å². The van der Waals surface area contributed by atoms with Crippen molar-refractivity contribution in [1.29, 1.82) is 0 Å². The van der Waals surface area contributed by atoms with Crippen molar-refractivity contribution in [3.8, 4) is 5.75 Å². The summed E-state index contributed by atoms with van der Waals surface area (Å²) in [6.07, 6.45) is 2.38. The van der Waals surface area contributed by atoms with Crippen molar-refractivity contribution >= 4 is 11.6 Å². The Morgan fingerprint density at radius 1 is 1.13 bits per heavy atom. The number of likely N-dealkylation sites (N-methyl/N-ethyl adjacent to an activating group) is 1. The molecule has 30 heavy (non-hydrogen) atoms.